The van der Waals surface area contributed by atoms with Gasteiger partial charge in [0.1, 0.15) is 19.3 Å². The summed E-state index contributed by atoms with van der Waals surface area (Å²) < 4.78 is 30.3. The Hall–Kier alpha value is -2.81. The molecule has 0 aromatic carbocycles. The van der Waals surface area contributed by atoms with Crippen molar-refractivity contribution >= 4 is 19.7 Å². The molecule has 3 unspecified atom stereocenters. The number of unbranched alkanes of at least 4 members (excludes halogenated alkanes) is 27. The molecule has 0 aliphatic heterocycles. The molecular weight excluding hydrogens is 952 g/mol. The third kappa shape index (κ3) is 55.7. The third-order valence-corrected chi connectivity index (χ3v) is 14.3. The number of nitrogens with zero attached hydrogens (tertiary/aromatic N) is 1. The zero-order valence-electron chi connectivity index (χ0n) is 49.5. The first-order valence-corrected chi connectivity index (χ1v) is 32.4. The van der Waals surface area contributed by atoms with Crippen LogP contribution in [0, 0.1) is 0 Å². The van der Waals surface area contributed by atoms with Gasteiger partial charge >= 0.3 is 5.97 Å². The van der Waals surface area contributed by atoms with Gasteiger partial charge in [-0.3, -0.25) is 14.2 Å². The van der Waals surface area contributed by atoms with Gasteiger partial charge in [0.15, 0.2) is 0 Å². The number of allylic oxidation sites excluding steroid dienone is 13. The highest BCUT2D eigenvalue weighted by molar-refractivity contribution is 7.45. The normalized spacial score (nSPS) is 14.3. The molecule has 1 amide bonds. The van der Waals surface area contributed by atoms with Crippen molar-refractivity contribution in [1.29, 1.82) is 0 Å². The van der Waals surface area contributed by atoms with Crippen LogP contribution in [0.2, 0.25) is 0 Å². The van der Waals surface area contributed by atoms with Gasteiger partial charge in [-0.2, -0.15) is 0 Å². The number of hydrogen-bond donors (Lipinski definition) is 1. The molecule has 0 saturated heterocycles. The number of phosphoric ester groups is 1. The standard InChI is InChI=1S/C65H117N2O7P/c1-7-10-13-16-19-22-25-27-28-29-30-31-32-33-34-35-36-37-38-40-43-45-48-51-54-57-64(68)66-62(61-73-75(70,71)72-60-59-67(4,5)6)63(56-53-50-47-44-42-39-26-23-20-17-14-11-8-2)74-65(69)58-55-52-49-46-41-24-21-18-15-12-9-3/h10,13,19,22,27-28,30-31,33-34,36-37,53,56,62-63H,7-9,11-12,14-18,20-21,23-26,29,32,35,38-52,54-55,57-61H2,1-6H3,(H-,66,68,70,71)/b13-10-,22-19-,28-27-,31-30-,34-33-,37-36-,56-53+. The monoisotopic (exact) mass is 1070 g/mol. The minimum Gasteiger partial charge on any atom is -0.756 e. The summed E-state index contributed by atoms with van der Waals surface area (Å²) in [7, 11) is 1.17. The number of carbonyl (C=O) groups excluding carboxylic acids is 2. The van der Waals surface area contributed by atoms with E-state index in [1.807, 2.05) is 33.3 Å². The minimum absolute atomic E-state index is 0.0277. The molecule has 0 saturated carbocycles. The molecular formula is C65H117N2O7P. The Kier molecular flexibility index (Phi) is 52.5. The Bertz CT molecular complexity index is 1560. The molecule has 0 aliphatic rings. The second-order valence-corrected chi connectivity index (χ2v) is 23.2. The van der Waals surface area contributed by atoms with Gasteiger partial charge in [0.2, 0.25) is 5.91 Å². The fourth-order valence-corrected chi connectivity index (χ4v) is 9.31. The van der Waals surface area contributed by atoms with Crippen molar-refractivity contribution in [2.24, 2.45) is 0 Å². The minimum atomic E-state index is -4.70. The van der Waals surface area contributed by atoms with E-state index in [0.29, 0.717) is 17.4 Å². The number of rotatable bonds is 55. The maximum atomic E-state index is 13.5. The van der Waals surface area contributed by atoms with Crippen LogP contribution in [0.1, 0.15) is 265 Å². The van der Waals surface area contributed by atoms with Crippen molar-refractivity contribution in [2.75, 3.05) is 40.9 Å². The van der Waals surface area contributed by atoms with Crippen LogP contribution in [0.25, 0.3) is 0 Å². The molecule has 0 aliphatic carbocycles. The molecule has 0 spiro atoms. The predicted molar refractivity (Wildman–Crippen MR) is 321 cm³/mol. The Morgan fingerprint density at radius 2 is 0.853 bits per heavy atom. The summed E-state index contributed by atoms with van der Waals surface area (Å²) in [5.74, 6) is -0.557. The van der Waals surface area contributed by atoms with E-state index in [2.05, 4.69) is 99.0 Å². The number of hydrogen-bond acceptors (Lipinski definition) is 7. The summed E-state index contributed by atoms with van der Waals surface area (Å²) in [6, 6.07) is -0.898. The van der Waals surface area contributed by atoms with Gasteiger partial charge in [-0.15, -0.1) is 0 Å². The Morgan fingerprint density at radius 1 is 0.480 bits per heavy atom. The first kappa shape index (κ1) is 72.2. The third-order valence-electron chi connectivity index (χ3n) is 13.3. The van der Waals surface area contributed by atoms with Crippen molar-refractivity contribution < 1.29 is 37.3 Å². The van der Waals surface area contributed by atoms with Crippen LogP contribution in [-0.2, 0) is 27.9 Å². The lowest BCUT2D eigenvalue weighted by molar-refractivity contribution is -0.870. The van der Waals surface area contributed by atoms with Crippen LogP contribution < -0.4 is 10.2 Å². The Morgan fingerprint density at radius 3 is 1.28 bits per heavy atom. The van der Waals surface area contributed by atoms with Gasteiger partial charge in [0.25, 0.3) is 7.82 Å². The van der Waals surface area contributed by atoms with Crippen molar-refractivity contribution in [3.63, 3.8) is 0 Å². The van der Waals surface area contributed by atoms with E-state index in [-0.39, 0.29) is 24.9 Å². The van der Waals surface area contributed by atoms with Gasteiger partial charge in [-0.25, -0.2) is 0 Å². The summed E-state index contributed by atoms with van der Waals surface area (Å²) in [4.78, 5) is 39.9. The van der Waals surface area contributed by atoms with Gasteiger partial charge < -0.3 is 28.5 Å². The SMILES string of the molecule is CC/C=C\C/C=C\C/C=C\C/C=C\C/C=C\C/C=C\CCCCCCCCC(=O)NC(COP(=O)([O-])OCC[N+](C)(C)C)C(/C=C/CCCCCCCCCCCCC)OC(=O)CCCCCCCCCCCCC. The number of carbonyl (C=O) groups is 2. The van der Waals surface area contributed by atoms with E-state index in [1.165, 1.54) is 109 Å². The van der Waals surface area contributed by atoms with Crippen molar-refractivity contribution in [3.05, 3.63) is 85.1 Å². The predicted octanol–water partition coefficient (Wildman–Crippen LogP) is 18.4. The van der Waals surface area contributed by atoms with E-state index in [9.17, 15) is 19.0 Å². The highest BCUT2D eigenvalue weighted by Gasteiger charge is 2.27. The zero-order chi connectivity index (χ0) is 55.0. The van der Waals surface area contributed by atoms with E-state index in [0.717, 1.165) is 122 Å². The molecule has 0 aromatic heterocycles. The Balaban J connectivity index is 5.20. The molecule has 0 heterocycles. The van der Waals surface area contributed by atoms with E-state index >= 15 is 0 Å². The number of amides is 1. The topological polar surface area (TPSA) is 114 Å². The van der Waals surface area contributed by atoms with Crippen LogP contribution in [0.3, 0.4) is 0 Å². The average Bonchev–Trinajstić information content (AvgIpc) is 3.37. The quantitative estimate of drug-likeness (QED) is 0.0212. The summed E-state index contributed by atoms with van der Waals surface area (Å²) in [5.41, 5.74) is 0. The second-order valence-electron chi connectivity index (χ2n) is 21.8. The number of ether oxygens (including phenoxy) is 1. The molecule has 0 aromatic rings. The van der Waals surface area contributed by atoms with Gasteiger partial charge in [0.05, 0.1) is 33.8 Å². The van der Waals surface area contributed by atoms with Crippen molar-refractivity contribution in [1.82, 2.24) is 5.32 Å². The average molecular weight is 1070 g/mol. The Labute approximate surface area is 463 Å². The number of phosphoric acid groups is 1. The fourth-order valence-electron chi connectivity index (χ4n) is 8.58. The summed E-state index contributed by atoms with van der Waals surface area (Å²) in [6.07, 6.45) is 71.2. The highest BCUT2D eigenvalue weighted by atomic mass is 31.2. The summed E-state index contributed by atoms with van der Waals surface area (Å²) in [5, 5.41) is 3.02. The van der Waals surface area contributed by atoms with Crippen molar-refractivity contribution in [2.45, 2.75) is 277 Å². The molecule has 1 N–H and O–H groups in total. The largest absolute Gasteiger partial charge is 0.756 e. The first-order valence-electron chi connectivity index (χ1n) is 30.9. The zero-order valence-corrected chi connectivity index (χ0v) is 50.4. The van der Waals surface area contributed by atoms with Crippen LogP contribution in [0.4, 0.5) is 0 Å². The van der Waals surface area contributed by atoms with Crippen LogP contribution in [0.15, 0.2) is 85.1 Å². The lowest BCUT2D eigenvalue weighted by Crippen LogP contribution is -2.47. The molecule has 0 bridgehead atoms. The highest BCUT2D eigenvalue weighted by Crippen LogP contribution is 2.38. The molecule has 10 heteroatoms. The van der Waals surface area contributed by atoms with Crippen LogP contribution in [-0.4, -0.2) is 69.4 Å². The lowest BCUT2D eigenvalue weighted by atomic mass is 10.0. The maximum absolute atomic E-state index is 13.5. The molecule has 9 nitrogen and oxygen atoms in total. The molecule has 3 atom stereocenters. The summed E-state index contributed by atoms with van der Waals surface area (Å²) in [6.45, 7) is 6.71. The first-order chi connectivity index (χ1) is 36.4. The molecule has 0 radical (unpaired) electrons. The van der Waals surface area contributed by atoms with Gasteiger partial charge in [-0.1, -0.05) is 254 Å². The van der Waals surface area contributed by atoms with Crippen LogP contribution in [0.5, 0.6) is 0 Å². The van der Waals surface area contributed by atoms with Crippen LogP contribution >= 0.6 is 7.82 Å². The van der Waals surface area contributed by atoms with Gasteiger partial charge in [-0.05, 0) is 83.1 Å². The van der Waals surface area contributed by atoms with E-state index in [1.54, 1.807) is 0 Å². The lowest BCUT2D eigenvalue weighted by Gasteiger charge is -2.30. The molecule has 75 heavy (non-hydrogen) atoms. The number of quaternary nitrogens is 1. The smallest absolute Gasteiger partial charge is 0.306 e. The number of esters is 1. The maximum Gasteiger partial charge on any atom is 0.306 e. The molecule has 0 rings (SSSR count). The number of nitrogens with one attached hydrogen (secondary N) is 1. The van der Waals surface area contributed by atoms with Crippen molar-refractivity contribution in [3.8, 4) is 0 Å². The molecule has 434 valence electrons. The summed E-state index contributed by atoms with van der Waals surface area (Å²) >= 11 is 0. The molecule has 0 fully saturated rings. The van der Waals surface area contributed by atoms with E-state index < -0.39 is 26.6 Å². The van der Waals surface area contributed by atoms with Gasteiger partial charge in [0, 0.05) is 12.8 Å². The number of likely N-dealkylation sites (N-methyl/N-ethyl adjacent to an activating group) is 1. The second kappa shape index (κ2) is 54.5. The fraction of sp³-hybridized carbons (Fsp3) is 0.754. The van der Waals surface area contributed by atoms with E-state index in [4.69, 9.17) is 13.8 Å².